The quantitative estimate of drug-likeness (QED) is 0.461. The van der Waals surface area contributed by atoms with E-state index in [0.717, 1.165) is 11.5 Å². The van der Waals surface area contributed by atoms with Crippen LogP contribution in [-0.4, -0.2) is 10.9 Å². The standard InChI is InChI=1S/C23H19N3OS/c27-23(21-12-7-15-28-21)25-19-13-14-22(24-16-19)26(20-10-5-2-6-11-20)17-18-8-3-1-4-9-18/h1-16H,17H2,(H,25,27). The number of anilines is 3. The third kappa shape index (κ3) is 4.27. The van der Waals surface area contributed by atoms with Crippen LogP contribution in [0.15, 0.2) is 96.5 Å². The highest BCUT2D eigenvalue weighted by Crippen LogP contribution is 2.26. The van der Waals surface area contributed by atoms with E-state index in [0.29, 0.717) is 17.1 Å². The average molecular weight is 385 g/mol. The molecule has 5 heteroatoms. The largest absolute Gasteiger partial charge is 0.322 e. The van der Waals surface area contributed by atoms with Gasteiger partial charge in [-0.2, -0.15) is 0 Å². The van der Waals surface area contributed by atoms with Crippen molar-refractivity contribution in [1.29, 1.82) is 0 Å². The Balaban J connectivity index is 1.57. The third-order valence-corrected chi connectivity index (χ3v) is 5.15. The number of hydrogen-bond donors (Lipinski definition) is 1. The minimum Gasteiger partial charge on any atom is -0.322 e. The second-order valence-electron chi connectivity index (χ2n) is 6.24. The molecule has 0 atom stereocenters. The number of hydrogen-bond acceptors (Lipinski definition) is 4. The molecule has 138 valence electrons. The molecule has 0 aliphatic carbocycles. The lowest BCUT2D eigenvalue weighted by molar-refractivity contribution is 0.103. The van der Waals surface area contributed by atoms with Crippen molar-refractivity contribution < 1.29 is 4.79 Å². The molecule has 4 rings (SSSR count). The van der Waals surface area contributed by atoms with Crippen LogP contribution in [0, 0.1) is 0 Å². The van der Waals surface area contributed by atoms with Crippen LogP contribution in [0.5, 0.6) is 0 Å². The van der Waals surface area contributed by atoms with Crippen LogP contribution in [0.1, 0.15) is 15.2 Å². The summed E-state index contributed by atoms with van der Waals surface area (Å²) in [5.74, 6) is 0.706. The van der Waals surface area contributed by atoms with Gasteiger partial charge in [0, 0.05) is 12.2 Å². The van der Waals surface area contributed by atoms with E-state index in [4.69, 9.17) is 0 Å². The second kappa shape index (κ2) is 8.50. The van der Waals surface area contributed by atoms with E-state index in [-0.39, 0.29) is 5.91 Å². The van der Waals surface area contributed by atoms with Crippen LogP contribution < -0.4 is 10.2 Å². The lowest BCUT2D eigenvalue weighted by atomic mass is 10.2. The molecule has 4 nitrogen and oxygen atoms in total. The number of para-hydroxylation sites is 1. The van der Waals surface area contributed by atoms with Crippen molar-refractivity contribution in [1.82, 2.24) is 4.98 Å². The normalized spacial score (nSPS) is 10.4. The second-order valence-corrected chi connectivity index (χ2v) is 7.19. The zero-order valence-electron chi connectivity index (χ0n) is 15.2. The number of aromatic nitrogens is 1. The molecule has 0 unspecified atom stereocenters. The van der Waals surface area contributed by atoms with Gasteiger partial charge in [-0.3, -0.25) is 4.79 Å². The zero-order chi connectivity index (χ0) is 19.2. The number of pyridine rings is 1. The van der Waals surface area contributed by atoms with E-state index >= 15 is 0 Å². The first kappa shape index (κ1) is 17.9. The highest BCUT2D eigenvalue weighted by Gasteiger charge is 2.12. The van der Waals surface area contributed by atoms with Gasteiger partial charge in [-0.1, -0.05) is 54.6 Å². The average Bonchev–Trinajstić information content (AvgIpc) is 3.29. The van der Waals surface area contributed by atoms with Crippen LogP contribution in [0.2, 0.25) is 0 Å². The first-order valence-electron chi connectivity index (χ1n) is 8.97. The van der Waals surface area contributed by atoms with E-state index < -0.39 is 0 Å². The minimum atomic E-state index is -0.117. The molecule has 2 aromatic heterocycles. The Bertz CT molecular complexity index is 1020. The zero-order valence-corrected chi connectivity index (χ0v) is 16.0. The summed E-state index contributed by atoms with van der Waals surface area (Å²) in [7, 11) is 0. The van der Waals surface area contributed by atoms with Crippen molar-refractivity contribution >= 4 is 34.4 Å². The molecule has 28 heavy (non-hydrogen) atoms. The minimum absolute atomic E-state index is 0.117. The lowest BCUT2D eigenvalue weighted by Gasteiger charge is -2.24. The number of carbonyl (C=O) groups is 1. The predicted molar refractivity (Wildman–Crippen MR) is 115 cm³/mol. The smallest absolute Gasteiger partial charge is 0.265 e. The number of thiophene rings is 1. The fourth-order valence-electron chi connectivity index (χ4n) is 2.90. The highest BCUT2D eigenvalue weighted by atomic mass is 32.1. The highest BCUT2D eigenvalue weighted by molar-refractivity contribution is 7.12. The van der Waals surface area contributed by atoms with Gasteiger partial charge >= 0.3 is 0 Å². The van der Waals surface area contributed by atoms with Crippen LogP contribution in [-0.2, 0) is 6.54 Å². The van der Waals surface area contributed by atoms with Gasteiger partial charge in [0.2, 0.25) is 0 Å². The summed E-state index contributed by atoms with van der Waals surface area (Å²) in [6.45, 7) is 0.707. The van der Waals surface area contributed by atoms with Crippen LogP contribution >= 0.6 is 11.3 Å². The molecule has 0 aliphatic rings. The maximum atomic E-state index is 12.2. The van der Waals surface area contributed by atoms with Gasteiger partial charge in [0.25, 0.3) is 5.91 Å². The third-order valence-electron chi connectivity index (χ3n) is 4.28. The molecule has 4 aromatic rings. The summed E-state index contributed by atoms with van der Waals surface area (Å²) >= 11 is 1.42. The lowest BCUT2D eigenvalue weighted by Crippen LogP contribution is -2.18. The summed E-state index contributed by atoms with van der Waals surface area (Å²) in [5.41, 5.74) is 2.94. The molecule has 2 heterocycles. The number of nitrogens with one attached hydrogen (secondary N) is 1. The molecule has 0 fully saturated rings. The SMILES string of the molecule is O=C(Nc1ccc(N(Cc2ccccc2)c2ccccc2)nc1)c1cccs1. The number of carbonyl (C=O) groups excluding carboxylic acids is 1. The fraction of sp³-hybridized carbons (Fsp3) is 0.0435. The molecule has 1 amide bonds. The molecule has 1 N–H and O–H groups in total. The van der Waals surface area contributed by atoms with Crippen molar-refractivity contribution in [3.63, 3.8) is 0 Å². The Labute approximate surface area is 168 Å². The van der Waals surface area contributed by atoms with E-state index in [2.05, 4.69) is 39.5 Å². The number of amides is 1. The van der Waals surface area contributed by atoms with E-state index in [1.807, 2.05) is 60.0 Å². The van der Waals surface area contributed by atoms with Crippen LogP contribution in [0.3, 0.4) is 0 Å². The van der Waals surface area contributed by atoms with Gasteiger partial charge in [0.1, 0.15) is 5.82 Å². The first-order valence-corrected chi connectivity index (χ1v) is 9.85. The summed E-state index contributed by atoms with van der Waals surface area (Å²) in [6, 6.07) is 27.9. The van der Waals surface area contributed by atoms with Crippen LogP contribution in [0.25, 0.3) is 0 Å². The van der Waals surface area contributed by atoms with Crippen LogP contribution in [0.4, 0.5) is 17.2 Å². The number of rotatable bonds is 6. The van der Waals surface area contributed by atoms with E-state index in [1.165, 1.54) is 16.9 Å². The summed E-state index contributed by atoms with van der Waals surface area (Å²) in [4.78, 5) is 19.7. The maximum absolute atomic E-state index is 12.2. The van der Waals surface area contributed by atoms with Crippen molar-refractivity contribution in [3.8, 4) is 0 Å². The van der Waals surface area contributed by atoms with Gasteiger partial charge in [0.05, 0.1) is 16.8 Å². The number of benzene rings is 2. The van der Waals surface area contributed by atoms with Crippen molar-refractivity contribution in [2.75, 3.05) is 10.2 Å². The van der Waals surface area contributed by atoms with Gasteiger partial charge in [-0.05, 0) is 41.3 Å². The Kier molecular flexibility index (Phi) is 5.45. The molecule has 0 spiro atoms. The fourth-order valence-corrected chi connectivity index (χ4v) is 3.52. The molecule has 0 radical (unpaired) electrons. The summed E-state index contributed by atoms with van der Waals surface area (Å²) in [5, 5.41) is 4.78. The Morgan fingerprint density at radius 2 is 1.64 bits per heavy atom. The van der Waals surface area contributed by atoms with Crippen molar-refractivity contribution in [2.45, 2.75) is 6.54 Å². The predicted octanol–water partition coefficient (Wildman–Crippen LogP) is 5.73. The molecule has 0 saturated carbocycles. The summed E-state index contributed by atoms with van der Waals surface area (Å²) < 4.78 is 0. The summed E-state index contributed by atoms with van der Waals surface area (Å²) in [6.07, 6.45) is 1.70. The molecule has 0 saturated heterocycles. The Morgan fingerprint density at radius 3 is 2.29 bits per heavy atom. The van der Waals surface area contributed by atoms with E-state index in [1.54, 1.807) is 12.3 Å². The molecular weight excluding hydrogens is 366 g/mol. The first-order chi connectivity index (χ1) is 13.8. The van der Waals surface area contributed by atoms with Gasteiger partial charge < -0.3 is 10.2 Å². The number of nitrogens with zero attached hydrogens (tertiary/aromatic N) is 2. The molecule has 2 aromatic carbocycles. The Hall–Kier alpha value is -3.44. The maximum Gasteiger partial charge on any atom is 0.265 e. The van der Waals surface area contributed by atoms with Crippen molar-refractivity contribution in [2.24, 2.45) is 0 Å². The van der Waals surface area contributed by atoms with Gasteiger partial charge in [-0.25, -0.2) is 4.98 Å². The van der Waals surface area contributed by atoms with Gasteiger partial charge in [-0.15, -0.1) is 11.3 Å². The van der Waals surface area contributed by atoms with Gasteiger partial charge in [0.15, 0.2) is 0 Å². The molecule has 0 bridgehead atoms. The molecular formula is C23H19N3OS. The topological polar surface area (TPSA) is 45.2 Å². The molecule has 0 aliphatic heterocycles. The monoisotopic (exact) mass is 385 g/mol. The van der Waals surface area contributed by atoms with Crippen molar-refractivity contribution in [3.05, 3.63) is 107 Å². The Morgan fingerprint density at radius 1 is 0.893 bits per heavy atom. The van der Waals surface area contributed by atoms with E-state index in [9.17, 15) is 4.79 Å².